The lowest BCUT2D eigenvalue weighted by atomic mass is 9.53. The highest BCUT2D eigenvalue weighted by atomic mass is 32.1. The number of anilines is 2. The first-order chi connectivity index (χ1) is 18.6. The van der Waals surface area contributed by atoms with Gasteiger partial charge < -0.3 is 19.4 Å². The molecule has 3 aliphatic heterocycles. The third-order valence-corrected chi connectivity index (χ3v) is 8.53. The Bertz CT molecular complexity index is 1500. The number of hydrogen-bond donors (Lipinski definition) is 0. The summed E-state index contributed by atoms with van der Waals surface area (Å²) in [7, 11) is 1.62. The molecule has 188 valence electrons. The minimum Gasteiger partial charge on any atom is -0.496 e. The van der Waals surface area contributed by atoms with Gasteiger partial charge in [0.1, 0.15) is 34.1 Å². The highest BCUT2D eigenvalue weighted by molar-refractivity contribution is 7.80. The first kappa shape index (κ1) is 24.0. The van der Waals surface area contributed by atoms with Crippen LogP contribution in [0.3, 0.4) is 0 Å². The Morgan fingerprint density at radius 1 is 0.842 bits per heavy atom. The summed E-state index contributed by atoms with van der Waals surface area (Å²) in [6.45, 7) is 1.56. The number of piperidine rings is 2. The highest BCUT2D eigenvalue weighted by Gasteiger charge is 2.68. The number of amidine groups is 1. The second kappa shape index (κ2) is 9.16. The fraction of sp³-hybridized carbons (Fsp3) is 0.267. The van der Waals surface area contributed by atoms with Gasteiger partial charge in [-0.05, 0) is 30.3 Å². The smallest absolute Gasteiger partial charge is 0.141 e. The zero-order valence-electron chi connectivity index (χ0n) is 21.0. The van der Waals surface area contributed by atoms with E-state index < -0.39 is 16.7 Å². The number of methoxy groups -OCH3 is 1. The fourth-order valence-electron chi connectivity index (χ4n) is 6.31. The maximum Gasteiger partial charge on any atom is 0.141 e. The molecular formula is C30H26N6OS. The van der Waals surface area contributed by atoms with Crippen LogP contribution in [0.15, 0.2) is 89.9 Å². The third kappa shape index (κ3) is 3.38. The maximum absolute atomic E-state index is 11.1. The van der Waals surface area contributed by atoms with Crippen molar-refractivity contribution in [2.24, 2.45) is 15.8 Å². The van der Waals surface area contributed by atoms with Gasteiger partial charge >= 0.3 is 0 Å². The van der Waals surface area contributed by atoms with Gasteiger partial charge in [-0.1, -0.05) is 66.8 Å². The Hall–Kier alpha value is -4.40. The van der Waals surface area contributed by atoms with Crippen molar-refractivity contribution in [2.75, 3.05) is 43.3 Å². The molecule has 8 heteroatoms. The normalized spacial score (nSPS) is 26.1. The van der Waals surface area contributed by atoms with Crippen LogP contribution in [-0.4, -0.2) is 49.3 Å². The van der Waals surface area contributed by atoms with Gasteiger partial charge in [0, 0.05) is 35.9 Å². The number of hydrogen-bond acceptors (Lipinski definition) is 7. The van der Waals surface area contributed by atoms with Crippen LogP contribution in [0.4, 0.5) is 11.4 Å². The first-order valence-electron chi connectivity index (χ1n) is 12.5. The van der Waals surface area contributed by atoms with E-state index in [4.69, 9.17) is 21.9 Å². The summed E-state index contributed by atoms with van der Waals surface area (Å²) in [6.07, 6.45) is 0. The molecule has 2 saturated heterocycles. The van der Waals surface area contributed by atoms with Crippen LogP contribution in [0.1, 0.15) is 11.5 Å². The summed E-state index contributed by atoms with van der Waals surface area (Å²) in [6, 6.07) is 32.9. The minimum atomic E-state index is -1.17. The second-order valence-corrected chi connectivity index (χ2v) is 10.3. The van der Waals surface area contributed by atoms with E-state index in [-0.39, 0.29) is 0 Å². The van der Waals surface area contributed by atoms with E-state index in [9.17, 15) is 10.5 Å². The van der Waals surface area contributed by atoms with Crippen molar-refractivity contribution >= 4 is 34.4 Å². The molecule has 0 aromatic heterocycles. The highest BCUT2D eigenvalue weighted by Crippen LogP contribution is 2.60. The van der Waals surface area contributed by atoms with E-state index >= 15 is 0 Å². The zero-order valence-corrected chi connectivity index (χ0v) is 21.8. The molecule has 3 aliphatic rings. The standard InChI is InChI=1S/C30H26N6OS/c1-37-25-15-9-8-14-24(25)26-29(16-31)18-34(22-10-4-2-5-11-22)19-30(26,17-32)28(38)36-21-35(20-33-27(29)36)23-12-6-3-7-13-23/h2-15,26H,18-21H2,1H3/t26-,29+,30-/m1/s1. The predicted molar refractivity (Wildman–Crippen MR) is 151 cm³/mol. The average molecular weight is 519 g/mol. The number of rotatable bonds is 4. The van der Waals surface area contributed by atoms with E-state index in [1.54, 1.807) is 7.11 Å². The topological polar surface area (TPSA) is 78.9 Å². The Balaban J connectivity index is 1.58. The molecule has 0 radical (unpaired) electrons. The summed E-state index contributed by atoms with van der Waals surface area (Å²) in [4.78, 5) is 11.7. The maximum atomic E-state index is 11.1. The van der Waals surface area contributed by atoms with Gasteiger partial charge in [0.05, 0.1) is 25.9 Å². The van der Waals surface area contributed by atoms with Crippen molar-refractivity contribution in [1.82, 2.24) is 4.90 Å². The summed E-state index contributed by atoms with van der Waals surface area (Å²) < 4.78 is 5.76. The number of ether oxygens (including phenoxy) is 1. The van der Waals surface area contributed by atoms with Crippen LogP contribution in [0.2, 0.25) is 0 Å². The molecule has 0 saturated carbocycles. The lowest BCUT2D eigenvalue weighted by molar-refractivity contribution is 0.202. The number of fused-ring (bicyclic) bond motifs is 4. The number of aliphatic imine (C=N–C) groups is 1. The van der Waals surface area contributed by atoms with Crippen LogP contribution in [0, 0.1) is 33.5 Å². The summed E-state index contributed by atoms with van der Waals surface area (Å²) in [5, 5.41) is 22.1. The van der Waals surface area contributed by atoms with Crippen LogP contribution in [-0.2, 0) is 0 Å². The number of nitrogens with zero attached hydrogens (tertiary/aromatic N) is 6. The van der Waals surface area contributed by atoms with Gasteiger partial charge in [0.15, 0.2) is 0 Å². The minimum absolute atomic E-state index is 0.355. The molecule has 7 nitrogen and oxygen atoms in total. The van der Waals surface area contributed by atoms with Gasteiger partial charge in [-0.25, -0.2) is 4.99 Å². The Morgan fingerprint density at radius 3 is 2.05 bits per heavy atom. The van der Waals surface area contributed by atoms with Gasteiger partial charge in [-0.15, -0.1) is 0 Å². The molecule has 0 spiro atoms. The fourth-order valence-corrected chi connectivity index (χ4v) is 6.68. The molecular weight excluding hydrogens is 492 g/mol. The Kier molecular flexibility index (Phi) is 5.78. The SMILES string of the molecule is COc1ccccc1[C@H]1[C@@]2(C#N)CN(c3ccccc3)C[C@]1(C#N)C1=NCN(c3ccccc3)CN1C2=S. The quantitative estimate of drug-likeness (QED) is 0.459. The molecule has 38 heavy (non-hydrogen) atoms. The van der Waals surface area contributed by atoms with Gasteiger partial charge in [-0.2, -0.15) is 10.5 Å². The lowest BCUT2D eigenvalue weighted by Gasteiger charge is -2.61. The number of nitriles is 2. The van der Waals surface area contributed by atoms with Crippen molar-refractivity contribution in [3.63, 3.8) is 0 Å². The molecule has 3 atom stereocenters. The number of benzene rings is 3. The van der Waals surface area contributed by atoms with Crippen LogP contribution in [0.25, 0.3) is 0 Å². The van der Waals surface area contributed by atoms with Crippen molar-refractivity contribution in [1.29, 1.82) is 10.5 Å². The molecule has 6 rings (SSSR count). The molecule has 0 amide bonds. The van der Waals surface area contributed by atoms with E-state index in [2.05, 4.69) is 21.9 Å². The Labute approximate surface area is 227 Å². The molecule has 3 aromatic carbocycles. The molecule has 0 aliphatic carbocycles. The molecule has 3 aromatic rings. The molecule has 0 N–H and O–H groups in total. The number of para-hydroxylation sites is 3. The van der Waals surface area contributed by atoms with E-state index in [0.717, 1.165) is 16.9 Å². The van der Waals surface area contributed by atoms with Gasteiger partial charge in [0.25, 0.3) is 0 Å². The predicted octanol–water partition coefficient (Wildman–Crippen LogP) is 4.80. The lowest BCUT2D eigenvalue weighted by Crippen LogP contribution is -2.73. The number of thiocarbonyl (C=S) groups is 1. The molecule has 2 fully saturated rings. The largest absolute Gasteiger partial charge is 0.496 e. The monoisotopic (exact) mass is 518 g/mol. The first-order valence-corrected chi connectivity index (χ1v) is 12.9. The average Bonchev–Trinajstić information content (AvgIpc) is 3.00. The van der Waals surface area contributed by atoms with Gasteiger partial charge in [-0.3, -0.25) is 0 Å². The van der Waals surface area contributed by atoms with Crippen LogP contribution < -0.4 is 14.5 Å². The summed E-state index contributed by atoms with van der Waals surface area (Å²) in [5.74, 6) is 0.718. The molecule has 3 heterocycles. The summed E-state index contributed by atoms with van der Waals surface area (Å²) in [5.41, 5.74) is 0.457. The Morgan fingerprint density at radius 2 is 1.42 bits per heavy atom. The zero-order chi connectivity index (χ0) is 26.3. The van der Waals surface area contributed by atoms with Crippen molar-refractivity contribution in [3.05, 3.63) is 90.5 Å². The van der Waals surface area contributed by atoms with E-state index in [1.165, 1.54) is 0 Å². The van der Waals surface area contributed by atoms with Gasteiger partial charge in [0.2, 0.25) is 0 Å². The van der Waals surface area contributed by atoms with Crippen LogP contribution in [0.5, 0.6) is 5.75 Å². The molecule has 2 bridgehead atoms. The second-order valence-electron chi connectivity index (χ2n) is 9.91. The van der Waals surface area contributed by atoms with Crippen molar-refractivity contribution in [3.8, 4) is 17.9 Å². The van der Waals surface area contributed by atoms with E-state index in [0.29, 0.717) is 43.0 Å². The van der Waals surface area contributed by atoms with Crippen molar-refractivity contribution < 1.29 is 4.74 Å². The third-order valence-electron chi connectivity index (χ3n) is 7.94. The van der Waals surface area contributed by atoms with Crippen LogP contribution >= 0.6 is 12.2 Å². The van der Waals surface area contributed by atoms with E-state index in [1.807, 2.05) is 89.8 Å². The summed E-state index contributed by atoms with van der Waals surface area (Å²) >= 11 is 6.20. The molecule has 0 unspecified atom stereocenters. The van der Waals surface area contributed by atoms with Crippen molar-refractivity contribution in [2.45, 2.75) is 5.92 Å².